The molecule has 5 aromatic rings. The molecule has 0 aliphatic heterocycles. The van der Waals surface area contributed by atoms with E-state index in [-0.39, 0.29) is 52.0 Å². The quantitative estimate of drug-likeness (QED) is 0.102. The lowest BCUT2D eigenvalue weighted by molar-refractivity contribution is -0.0328. The largest absolute Gasteiger partial charge is 0.505 e. The van der Waals surface area contributed by atoms with Crippen LogP contribution in [0.4, 0.5) is 13.2 Å². The first kappa shape index (κ1) is 35.5. The number of aromatic hydroxyl groups is 1. The van der Waals surface area contributed by atoms with Crippen molar-refractivity contribution in [3.8, 4) is 16.9 Å². The lowest BCUT2D eigenvalue weighted by atomic mass is 10.0. The van der Waals surface area contributed by atoms with Gasteiger partial charge in [0, 0.05) is 35.0 Å². The van der Waals surface area contributed by atoms with Crippen LogP contribution in [-0.4, -0.2) is 29.1 Å². The van der Waals surface area contributed by atoms with E-state index >= 15 is 0 Å². The van der Waals surface area contributed by atoms with Gasteiger partial charge in [0.15, 0.2) is 11.5 Å². The molecule has 248 valence electrons. The Labute approximate surface area is 291 Å². The van der Waals surface area contributed by atoms with Gasteiger partial charge in [0.1, 0.15) is 4.90 Å². The molecule has 0 saturated heterocycles. The molecule has 0 aliphatic carbocycles. The zero-order valence-electron chi connectivity index (χ0n) is 25.1. The van der Waals surface area contributed by atoms with Gasteiger partial charge in [-0.05, 0) is 70.3 Å². The minimum absolute atomic E-state index is 0.00763. The minimum atomic E-state index is -4.42. The smallest absolute Gasteiger partial charge is 0.446 e. The predicted octanol–water partition coefficient (Wildman–Crippen LogP) is 10.2. The predicted molar refractivity (Wildman–Crippen MR) is 184 cm³/mol. The van der Waals surface area contributed by atoms with E-state index in [1.807, 2.05) is 60.7 Å². The summed E-state index contributed by atoms with van der Waals surface area (Å²) in [5.74, 6) is -0.844. The molecule has 0 bridgehead atoms. The first-order valence-corrected chi connectivity index (χ1v) is 17.6. The lowest BCUT2D eigenvalue weighted by Gasteiger charge is -2.24. The number of ketones is 1. The second-order valence-corrected chi connectivity index (χ2v) is 14.8. The van der Waals surface area contributed by atoms with Gasteiger partial charge in [-0.3, -0.25) is 4.79 Å². The zero-order chi connectivity index (χ0) is 34.5. The standard InChI is InChI=1S/C36H28Cl2F3NO4S2/c37-30-20-32(38)35(44)34(21-30)48(45,46)42(22-25-9-12-28(13-10-25)27-7-2-1-3-8-27)23-26-6-4-5-24(19-26)11-18-33(43)29-14-16-31(17-15-29)47-36(39,40)41/h1-10,12-17,19-21,44H,11,18,22-23H2. The Balaban J connectivity index is 1.36. The molecule has 5 aromatic carbocycles. The Morgan fingerprint density at radius 2 is 1.38 bits per heavy atom. The third-order valence-electron chi connectivity index (χ3n) is 7.43. The maximum absolute atomic E-state index is 14.1. The van der Waals surface area contributed by atoms with Crippen LogP contribution in [-0.2, 0) is 29.5 Å². The summed E-state index contributed by atoms with van der Waals surface area (Å²) < 4.78 is 67.3. The van der Waals surface area contributed by atoms with E-state index < -0.39 is 26.2 Å². The van der Waals surface area contributed by atoms with Gasteiger partial charge in [-0.1, -0.05) is 114 Å². The van der Waals surface area contributed by atoms with Crippen LogP contribution in [0.25, 0.3) is 11.1 Å². The van der Waals surface area contributed by atoms with Crippen LogP contribution in [0.1, 0.15) is 33.5 Å². The summed E-state index contributed by atoms with van der Waals surface area (Å²) in [7, 11) is -4.34. The van der Waals surface area contributed by atoms with E-state index in [0.717, 1.165) is 22.8 Å². The summed E-state index contributed by atoms with van der Waals surface area (Å²) in [6.07, 6.45) is 0.421. The summed E-state index contributed by atoms with van der Waals surface area (Å²) in [6.45, 7) is -0.112. The number of phenolic OH excluding ortho intramolecular Hbond substituents is 1. The van der Waals surface area contributed by atoms with E-state index in [1.54, 1.807) is 18.2 Å². The molecular weight excluding hydrogens is 702 g/mol. The number of sulfonamides is 1. The maximum Gasteiger partial charge on any atom is 0.446 e. The Bertz CT molecular complexity index is 2010. The second-order valence-electron chi connectivity index (χ2n) is 10.9. The van der Waals surface area contributed by atoms with Crippen LogP contribution < -0.4 is 0 Å². The van der Waals surface area contributed by atoms with Crippen LogP contribution in [0.15, 0.2) is 125 Å². The number of rotatable bonds is 12. The average Bonchev–Trinajstić information content (AvgIpc) is 3.05. The number of carbonyl (C=O) groups is 1. The number of carbonyl (C=O) groups excluding carboxylic acids is 1. The molecule has 48 heavy (non-hydrogen) atoms. The average molecular weight is 731 g/mol. The summed E-state index contributed by atoms with van der Waals surface area (Å²) in [5, 5.41) is 10.5. The number of halogens is 5. The third-order valence-corrected chi connectivity index (χ3v) is 10.5. The number of hydrogen-bond donors (Lipinski definition) is 1. The number of benzene rings is 5. The van der Waals surface area contributed by atoms with Gasteiger partial charge in [-0.2, -0.15) is 17.5 Å². The van der Waals surface area contributed by atoms with Gasteiger partial charge in [0.25, 0.3) is 0 Å². The van der Waals surface area contributed by atoms with Gasteiger partial charge >= 0.3 is 5.51 Å². The fourth-order valence-corrected chi connectivity index (χ4v) is 7.77. The summed E-state index contributed by atoms with van der Waals surface area (Å²) >= 11 is 12.0. The topological polar surface area (TPSA) is 74.7 Å². The van der Waals surface area contributed by atoms with Crippen molar-refractivity contribution in [2.45, 2.75) is 41.2 Å². The monoisotopic (exact) mass is 729 g/mol. The van der Waals surface area contributed by atoms with Crippen molar-refractivity contribution in [3.63, 3.8) is 0 Å². The van der Waals surface area contributed by atoms with Crippen LogP contribution >= 0.6 is 35.0 Å². The van der Waals surface area contributed by atoms with E-state index in [9.17, 15) is 31.5 Å². The van der Waals surface area contributed by atoms with E-state index in [4.69, 9.17) is 23.2 Å². The molecule has 12 heteroatoms. The number of Topliss-reactive ketones (excluding diaryl/α,β-unsaturated/α-hetero) is 1. The maximum atomic E-state index is 14.1. The van der Waals surface area contributed by atoms with Gasteiger partial charge in [0.05, 0.1) is 5.02 Å². The van der Waals surface area contributed by atoms with Gasteiger partial charge in [-0.15, -0.1) is 0 Å². The normalized spacial score (nSPS) is 12.0. The highest BCUT2D eigenvalue weighted by Crippen LogP contribution is 2.38. The third kappa shape index (κ3) is 9.21. The number of thioether (sulfide) groups is 1. The first-order chi connectivity index (χ1) is 22.8. The Kier molecular flexibility index (Phi) is 11.2. The van der Waals surface area contributed by atoms with Gasteiger partial charge in [-0.25, -0.2) is 8.42 Å². The molecule has 0 atom stereocenters. The number of phenols is 1. The van der Waals surface area contributed by atoms with Crippen molar-refractivity contribution < 1.29 is 31.5 Å². The molecule has 0 heterocycles. The molecule has 0 saturated carbocycles. The molecule has 0 amide bonds. The van der Waals surface area contributed by atoms with Gasteiger partial charge in [0.2, 0.25) is 10.0 Å². The van der Waals surface area contributed by atoms with Crippen molar-refractivity contribution in [3.05, 3.63) is 148 Å². The number of hydrogen-bond acceptors (Lipinski definition) is 5. The lowest BCUT2D eigenvalue weighted by Crippen LogP contribution is -2.30. The summed E-state index contributed by atoms with van der Waals surface area (Å²) in [6, 6.07) is 32.0. The van der Waals surface area contributed by atoms with Crippen LogP contribution in [0.5, 0.6) is 5.75 Å². The zero-order valence-corrected chi connectivity index (χ0v) is 28.3. The molecule has 0 aromatic heterocycles. The molecule has 5 nitrogen and oxygen atoms in total. The molecule has 5 rings (SSSR count). The molecule has 0 aliphatic rings. The number of nitrogens with zero attached hydrogens (tertiary/aromatic N) is 1. The fourth-order valence-electron chi connectivity index (χ4n) is 5.07. The molecule has 0 fully saturated rings. The van der Waals surface area contributed by atoms with Crippen molar-refractivity contribution >= 4 is 50.8 Å². The molecule has 0 spiro atoms. The Morgan fingerprint density at radius 3 is 2.04 bits per heavy atom. The Morgan fingerprint density at radius 1 is 0.750 bits per heavy atom. The summed E-state index contributed by atoms with van der Waals surface area (Å²) in [5.41, 5.74) is -0.0411. The number of alkyl halides is 3. The second kappa shape index (κ2) is 15.2. The van der Waals surface area contributed by atoms with Crippen molar-refractivity contribution in [1.29, 1.82) is 0 Å². The molecule has 0 radical (unpaired) electrons. The van der Waals surface area contributed by atoms with Gasteiger partial charge < -0.3 is 5.11 Å². The summed E-state index contributed by atoms with van der Waals surface area (Å²) in [4.78, 5) is 12.4. The highest BCUT2D eigenvalue weighted by Gasteiger charge is 2.30. The molecule has 1 N–H and O–H groups in total. The van der Waals surface area contributed by atoms with E-state index in [1.165, 1.54) is 34.6 Å². The van der Waals surface area contributed by atoms with E-state index in [0.29, 0.717) is 23.1 Å². The van der Waals surface area contributed by atoms with Crippen molar-refractivity contribution in [2.24, 2.45) is 0 Å². The van der Waals surface area contributed by atoms with Crippen LogP contribution in [0.3, 0.4) is 0 Å². The SMILES string of the molecule is O=C(CCc1cccc(CN(Cc2ccc(-c3ccccc3)cc2)S(=O)(=O)c2cc(Cl)cc(Cl)c2O)c1)c1ccc(SC(F)(F)F)cc1. The highest BCUT2D eigenvalue weighted by atomic mass is 35.5. The fraction of sp³-hybridized carbons (Fsp3) is 0.139. The highest BCUT2D eigenvalue weighted by molar-refractivity contribution is 8.00. The minimum Gasteiger partial charge on any atom is -0.505 e. The molecular formula is C36H28Cl2F3NO4S2. The van der Waals surface area contributed by atoms with Crippen molar-refractivity contribution in [1.82, 2.24) is 4.31 Å². The Hall–Kier alpha value is -3.80. The first-order valence-electron chi connectivity index (χ1n) is 14.6. The van der Waals surface area contributed by atoms with Crippen LogP contribution in [0, 0.1) is 0 Å². The molecule has 0 unspecified atom stereocenters. The van der Waals surface area contributed by atoms with E-state index in [2.05, 4.69) is 0 Å². The number of aryl methyl sites for hydroxylation is 1. The van der Waals surface area contributed by atoms with Crippen LogP contribution in [0.2, 0.25) is 10.0 Å². The van der Waals surface area contributed by atoms with Crippen molar-refractivity contribution in [2.75, 3.05) is 0 Å².